The van der Waals surface area contributed by atoms with Crippen molar-refractivity contribution < 1.29 is 14.4 Å². The molecule has 0 spiro atoms. The Bertz CT molecular complexity index is 897. The van der Waals surface area contributed by atoms with Crippen LogP contribution in [0.15, 0.2) is 36.8 Å². The van der Waals surface area contributed by atoms with E-state index in [0.29, 0.717) is 12.5 Å². The van der Waals surface area contributed by atoms with E-state index in [2.05, 4.69) is 22.2 Å². The number of nitrogens with two attached hydrogens (primary N) is 1. The molecule has 8 heteroatoms. The summed E-state index contributed by atoms with van der Waals surface area (Å²) in [6.45, 7) is 4.48. The van der Waals surface area contributed by atoms with Gasteiger partial charge in [-0.2, -0.15) is 0 Å². The first kappa shape index (κ1) is 19.5. The smallest absolute Gasteiger partial charge is 0.313 e. The fourth-order valence-corrected chi connectivity index (χ4v) is 3.32. The van der Waals surface area contributed by atoms with Gasteiger partial charge in [-0.15, -0.1) is 0 Å². The van der Waals surface area contributed by atoms with Crippen molar-refractivity contribution in [3.63, 3.8) is 0 Å². The van der Waals surface area contributed by atoms with Crippen molar-refractivity contribution >= 4 is 23.4 Å². The largest absolute Gasteiger partial charge is 0.366 e. The zero-order valence-electron chi connectivity index (χ0n) is 15.9. The maximum atomic E-state index is 12.9. The fourth-order valence-electron chi connectivity index (χ4n) is 3.32. The third-order valence-corrected chi connectivity index (χ3v) is 4.83. The van der Waals surface area contributed by atoms with E-state index >= 15 is 0 Å². The summed E-state index contributed by atoms with van der Waals surface area (Å²) in [7, 11) is 0. The first-order chi connectivity index (χ1) is 13.3. The third kappa shape index (κ3) is 4.33. The second kappa shape index (κ2) is 8.16. The molecule has 0 bridgehead atoms. The lowest BCUT2D eigenvalue weighted by molar-refractivity contribution is -0.146. The number of hydrogen-bond donors (Lipinski definition) is 2. The molecule has 2 aromatic rings. The van der Waals surface area contributed by atoms with E-state index < -0.39 is 17.7 Å². The minimum absolute atomic E-state index is 0.151. The molecule has 28 heavy (non-hydrogen) atoms. The topological polar surface area (TPSA) is 118 Å². The Morgan fingerprint density at radius 3 is 2.64 bits per heavy atom. The molecular weight excluding hydrogens is 358 g/mol. The molecule has 1 aliphatic rings. The predicted octanol–water partition coefficient (Wildman–Crippen LogP) is 1.82. The number of aryl methyl sites for hydroxylation is 1. The molecule has 3 heterocycles. The van der Waals surface area contributed by atoms with Crippen LogP contribution in [0.4, 0.5) is 5.69 Å². The normalized spacial score (nSPS) is 19.1. The average Bonchev–Trinajstić information content (AvgIpc) is 2.68. The molecule has 3 amide bonds. The summed E-state index contributed by atoms with van der Waals surface area (Å²) < 4.78 is 0. The van der Waals surface area contributed by atoms with E-state index in [1.807, 2.05) is 19.1 Å². The molecule has 0 aromatic carbocycles. The van der Waals surface area contributed by atoms with Crippen molar-refractivity contribution in [2.75, 3.05) is 11.9 Å². The Kier molecular flexibility index (Phi) is 5.67. The Labute approximate surface area is 163 Å². The summed E-state index contributed by atoms with van der Waals surface area (Å²) in [5, 5.41) is 2.51. The first-order valence-electron chi connectivity index (χ1n) is 9.14. The SMILES string of the molecule is Cc1ccc([C@H]2CC[C@H](C)CN2C(=O)C(=O)Nc2cncc(C(N)=O)c2)nc1. The van der Waals surface area contributed by atoms with Gasteiger partial charge >= 0.3 is 11.8 Å². The molecule has 0 aliphatic carbocycles. The highest BCUT2D eigenvalue weighted by Crippen LogP contribution is 2.32. The monoisotopic (exact) mass is 381 g/mol. The molecular formula is C20H23N5O3. The lowest BCUT2D eigenvalue weighted by Gasteiger charge is -2.37. The van der Waals surface area contributed by atoms with Gasteiger partial charge in [0.2, 0.25) is 5.91 Å². The Morgan fingerprint density at radius 1 is 1.18 bits per heavy atom. The highest BCUT2D eigenvalue weighted by molar-refractivity contribution is 6.39. The minimum atomic E-state index is -0.783. The van der Waals surface area contributed by atoms with E-state index in [1.54, 1.807) is 11.1 Å². The summed E-state index contributed by atoms with van der Waals surface area (Å²) in [6.07, 6.45) is 6.11. The van der Waals surface area contributed by atoms with Gasteiger partial charge in [-0.25, -0.2) is 0 Å². The molecule has 1 fully saturated rings. The summed E-state index contributed by atoms with van der Waals surface area (Å²) in [4.78, 5) is 46.6. The Balaban J connectivity index is 1.79. The van der Waals surface area contributed by atoms with Crippen LogP contribution >= 0.6 is 0 Å². The second-order valence-corrected chi connectivity index (χ2v) is 7.20. The van der Waals surface area contributed by atoms with E-state index in [1.165, 1.54) is 18.5 Å². The van der Waals surface area contributed by atoms with Gasteiger partial charge in [0, 0.05) is 18.9 Å². The number of aromatic nitrogens is 2. The summed E-state index contributed by atoms with van der Waals surface area (Å²) >= 11 is 0. The van der Waals surface area contributed by atoms with Crippen LogP contribution in [0.2, 0.25) is 0 Å². The third-order valence-electron chi connectivity index (χ3n) is 4.83. The van der Waals surface area contributed by atoms with Gasteiger partial charge in [-0.3, -0.25) is 24.4 Å². The molecule has 1 saturated heterocycles. The molecule has 2 atom stereocenters. The number of hydrogen-bond acceptors (Lipinski definition) is 5. The molecule has 0 unspecified atom stereocenters. The quantitative estimate of drug-likeness (QED) is 0.786. The number of anilines is 1. The van der Waals surface area contributed by atoms with Crippen molar-refractivity contribution in [2.45, 2.75) is 32.7 Å². The summed E-state index contributed by atoms with van der Waals surface area (Å²) in [5.41, 5.74) is 7.42. The van der Waals surface area contributed by atoms with Gasteiger partial charge in [0.1, 0.15) is 0 Å². The van der Waals surface area contributed by atoms with Crippen LogP contribution in [0, 0.1) is 12.8 Å². The fraction of sp³-hybridized carbons (Fsp3) is 0.350. The molecule has 0 radical (unpaired) electrons. The maximum absolute atomic E-state index is 12.9. The number of rotatable bonds is 3. The number of nitrogens with zero attached hydrogens (tertiary/aromatic N) is 3. The number of primary amides is 1. The number of pyridine rings is 2. The zero-order valence-corrected chi connectivity index (χ0v) is 15.9. The number of carbonyl (C=O) groups is 3. The highest BCUT2D eigenvalue weighted by atomic mass is 16.2. The summed E-state index contributed by atoms with van der Waals surface area (Å²) in [6, 6.07) is 4.99. The lowest BCUT2D eigenvalue weighted by Crippen LogP contribution is -2.46. The van der Waals surface area contributed by atoms with Crippen LogP contribution in [-0.2, 0) is 9.59 Å². The number of nitrogens with one attached hydrogen (secondary N) is 1. The van der Waals surface area contributed by atoms with Crippen molar-refractivity contribution in [3.05, 3.63) is 53.6 Å². The van der Waals surface area contributed by atoms with Crippen LogP contribution in [-0.4, -0.2) is 39.1 Å². The molecule has 146 valence electrons. The average molecular weight is 381 g/mol. The van der Waals surface area contributed by atoms with Crippen LogP contribution in [0.5, 0.6) is 0 Å². The van der Waals surface area contributed by atoms with E-state index in [9.17, 15) is 14.4 Å². The van der Waals surface area contributed by atoms with Crippen LogP contribution in [0.1, 0.15) is 47.4 Å². The van der Waals surface area contributed by atoms with E-state index in [0.717, 1.165) is 24.1 Å². The highest BCUT2D eigenvalue weighted by Gasteiger charge is 2.34. The van der Waals surface area contributed by atoms with Crippen molar-refractivity contribution in [2.24, 2.45) is 11.7 Å². The number of amides is 3. The van der Waals surface area contributed by atoms with Crippen molar-refractivity contribution in [1.82, 2.24) is 14.9 Å². The van der Waals surface area contributed by atoms with Crippen molar-refractivity contribution in [3.8, 4) is 0 Å². The zero-order chi connectivity index (χ0) is 20.3. The minimum Gasteiger partial charge on any atom is -0.366 e. The van der Waals surface area contributed by atoms with Gasteiger partial charge in [0.25, 0.3) is 0 Å². The van der Waals surface area contributed by atoms with Crippen LogP contribution in [0.3, 0.4) is 0 Å². The molecule has 8 nitrogen and oxygen atoms in total. The van der Waals surface area contributed by atoms with E-state index in [4.69, 9.17) is 5.73 Å². The molecule has 1 aliphatic heterocycles. The number of likely N-dealkylation sites (tertiary alicyclic amines) is 1. The number of carbonyl (C=O) groups excluding carboxylic acids is 3. The molecule has 3 N–H and O–H groups in total. The Morgan fingerprint density at radius 2 is 1.96 bits per heavy atom. The first-order valence-corrected chi connectivity index (χ1v) is 9.14. The Hall–Kier alpha value is -3.29. The molecule has 3 rings (SSSR count). The predicted molar refractivity (Wildman–Crippen MR) is 103 cm³/mol. The lowest BCUT2D eigenvalue weighted by atomic mass is 9.92. The number of piperidine rings is 1. The summed E-state index contributed by atoms with van der Waals surface area (Å²) in [5.74, 6) is -1.79. The van der Waals surface area contributed by atoms with Gasteiger partial charge in [0.15, 0.2) is 0 Å². The van der Waals surface area contributed by atoms with Crippen LogP contribution < -0.4 is 11.1 Å². The van der Waals surface area contributed by atoms with Crippen LogP contribution in [0.25, 0.3) is 0 Å². The van der Waals surface area contributed by atoms with Gasteiger partial charge < -0.3 is 16.0 Å². The standard InChI is InChI=1S/C20H23N5O3/c1-12-3-5-16(23-8-12)17-6-4-13(2)11-25(17)20(28)19(27)24-15-7-14(18(21)26)9-22-10-15/h3,5,7-10,13,17H,4,6,11H2,1-2H3,(H2,21,26)(H,24,27)/t13-,17+/m0/s1. The maximum Gasteiger partial charge on any atom is 0.313 e. The van der Waals surface area contributed by atoms with Crippen molar-refractivity contribution in [1.29, 1.82) is 0 Å². The van der Waals surface area contributed by atoms with Gasteiger partial charge in [0.05, 0.1) is 29.2 Å². The molecule has 2 aromatic heterocycles. The molecule has 0 saturated carbocycles. The second-order valence-electron chi connectivity index (χ2n) is 7.20. The van der Waals surface area contributed by atoms with Gasteiger partial charge in [-0.1, -0.05) is 13.0 Å². The van der Waals surface area contributed by atoms with E-state index in [-0.39, 0.29) is 17.3 Å². The van der Waals surface area contributed by atoms with Gasteiger partial charge in [-0.05, 0) is 43.4 Å².